The van der Waals surface area contributed by atoms with Gasteiger partial charge in [-0.2, -0.15) is 0 Å². The molecule has 2 saturated heterocycles. The highest BCUT2D eigenvalue weighted by Crippen LogP contribution is 2.44. The molecule has 86 valence electrons. The van der Waals surface area contributed by atoms with Crippen LogP contribution in [0.15, 0.2) is 0 Å². The molecule has 2 aliphatic heterocycles. The highest BCUT2D eigenvalue weighted by Gasteiger charge is 2.53. The van der Waals surface area contributed by atoms with Crippen LogP contribution in [0.25, 0.3) is 0 Å². The highest BCUT2D eigenvalue weighted by atomic mass is 32.4. The summed E-state index contributed by atoms with van der Waals surface area (Å²) in [6.45, 7) is 3.19. The monoisotopic (exact) mass is 250 g/mol. The van der Waals surface area contributed by atoms with Gasteiger partial charge in [0.25, 0.3) is 0 Å². The van der Waals surface area contributed by atoms with E-state index in [1.165, 1.54) is 0 Å². The van der Waals surface area contributed by atoms with Crippen molar-refractivity contribution in [1.82, 2.24) is 0 Å². The third-order valence-electron chi connectivity index (χ3n) is 3.35. The van der Waals surface area contributed by atoms with Gasteiger partial charge in [0, 0.05) is 13.0 Å². The van der Waals surface area contributed by atoms with Gasteiger partial charge in [0.05, 0.1) is 25.3 Å². The first kappa shape index (κ1) is 12.0. The Balaban J connectivity index is 2.13. The highest BCUT2D eigenvalue weighted by molar-refractivity contribution is 8.00. The first-order chi connectivity index (χ1) is 7.09. The Morgan fingerprint density at radius 3 is 2.53 bits per heavy atom. The fourth-order valence-electron chi connectivity index (χ4n) is 2.42. The van der Waals surface area contributed by atoms with Crippen LogP contribution >= 0.6 is 7.15 Å². The average Bonchev–Trinajstić information content (AvgIpc) is 2.44. The zero-order valence-corrected chi connectivity index (χ0v) is 11.0. The molecule has 2 rings (SSSR count). The predicted octanol–water partition coefficient (Wildman–Crippen LogP) is -0.0814. The van der Waals surface area contributed by atoms with E-state index in [1.807, 2.05) is 7.85 Å². The Hall–Kier alpha value is 0.555. The molecule has 4 nitrogen and oxygen atoms in total. The van der Waals surface area contributed by atoms with Crippen LogP contribution in [0.2, 0.25) is 0 Å². The van der Waals surface area contributed by atoms with Crippen molar-refractivity contribution in [3.63, 3.8) is 0 Å². The lowest BCUT2D eigenvalue weighted by Gasteiger charge is -2.36. The Morgan fingerprint density at radius 2 is 2.07 bits per heavy atom. The van der Waals surface area contributed by atoms with E-state index in [-0.39, 0.29) is 23.6 Å². The normalized spacial score (nSPS) is 51.1. The Kier molecular flexibility index (Phi) is 3.56. The molecule has 0 N–H and O–H groups in total. The van der Waals surface area contributed by atoms with Crippen LogP contribution in [0.4, 0.5) is 0 Å². The van der Waals surface area contributed by atoms with Gasteiger partial charge in [0.15, 0.2) is 7.15 Å². The minimum atomic E-state index is -1.46. The lowest BCUT2D eigenvalue weighted by atomic mass is 9.83. The van der Waals surface area contributed by atoms with Crippen LogP contribution in [-0.4, -0.2) is 45.9 Å². The van der Waals surface area contributed by atoms with E-state index in [0.29, 0.717) is 13.2 Å². The first-order valence-corrected chi connectivity index (χ1v) is 7.54. The fraction of sp³-hybridized carbons (Fsp3) is 1.00. The second kappa shape index (κ2) is 4.44. The average molecular weight is 250 g/mol. The van der Waals surface area contributed by atoms with Crippen molar-refractivity contribution >= 4 is 26.8 Å². The molecule has 2 aliphatic rings. The topological polar surface area (TPSA) is 36.9 Å². The standard InChI is InChI=1S/C8H16BO4PS/c1-5-6(10-2)7(9)13-8(5)3-11-14(15)12-4-8/h5-7,14H,3-4,9H2,1-2H3/t5-,6?,7-/m1/s1. The van der Waals surface area contributed by atoms with Gasteiger partial charge in [0.1, 0.15) is 13.4 Å². The summed E-state index contributed by atoms with van der Waals surface area (Å²) in [5.41, 5.74) is -0.354. The van der Waals surface area contributed by atoms with Gasteiger partial charge in [-0.15, -0.1) is 0 Å². The second-order valence-corrected chi connectivity index (χ2v) is 6.28. The van der Waals surface area contributed by atoms with Gasteiger partial charge in [-0.25, -0.2) is 0 Å². The van der Waals surface area contributed by atoms with E-state index >= 15 is 0 Å². The van der Waals surface area contributed by atoms with Gasteiger partial charge in [0.2, 0.25) is 0 Å². The van der Waals surface area contributed by atoms with Gasteiger partial charge >= 0.3 is 0 Å². The summed E-state index contributed by atoms with van der Waals surface area (Å²) < 4.78 is 22.3. The Bertz CT molecular complexity index is 267. The fourth-order valence-corrected chi connectivity index (χ4v) is 3.58. The van der Waals surface area contributed by atoms with Crippen LogP contribution in [0.1, 0.15) is 6.92 Å². The molecule has 0 amide bonds. The number of hydrogen-bond acceptors (Lipinski definition) is 5. The third-order valence-corrected chi connectivity index (χ3v) is 4.81. The molecule has 3 atom stereocenters. The maximum atomic E-state index is 5.95. The molecule has 15 heavy (non-hydrogen) atoms. The largest absolute Gasteiger partial charge is 0.379 e. The molecule has 0 radical (unpaired) electrons. The van der Waals surface area contributed by atoms with Crippen molar-refractivity contribution in [3.05, 3.63) is 0 Å². The second-order valence-electron chi connectivity index (χ2n) is 4.20. The van der Waals surface area contributed by atoms with E-state index < -0.39 is 7.15 Å². The molecular formula is C8H16BO4PS. The van der Waals surface area contributed by atoms with Crippen molar-refractivity contribution in [2.45, 2.75) is 24.6 Å². The molecule has 1 unspecified atom stereocenters. The first-order valence-electron chi connectivity index (χ1n) is 5.09. The predicted molar refractivity (Wildman–Crippen MR) is 63.7 cm³/mol. The maximum absolute atomic E-state index is 5.95. The molecule has 0 aliphatic carbocycles. The summed E-state index contributed by atoms with van der Waals surface area (Å²) >= 11 is 5.00. The quantitative estimate of drug-likeness (QED) is 0.480. The summed E-state index contributed by atoms with van der Waals surface area (Å²) in [7, 11) is 2.28. The minimum absolute atomic E-state index is 0.0797. The number of ether oxygens (including phenoxy) is 2. The molecule has 2 heterocycles. The summed E-state index contributed by atoms with van der Waals surface area (Å²) in [6, 6.07) is 0.0797. The summed E-state index contributed by atoms with van der Waals surface area (Å²) in [5, 5.41) is 0. The molecule has 0 bridgehead atoms. The van der Waals surface area contributed by atoms with Gasteiger partial charge in [-0.1, -0.05) is 6.92 Å². The summed E-state index contributed by atoms with van der Waals surface area (Å²) in [4.78, 5) is 0. The van der Waals surface area contributed by atoms with E-state index in [2.05, 4.69) is 6.92 Å². The molecular weight excluding hydrogens is 234 g/mol. The lowest BCUT2D eigenvalue weighted by Crippen LogP contribution is -2.47. The number of rotatable bonds is 1. The van der Waals surface area contributed by atoms with Crippen LogP contribution in [0.3, 0.4) is 0 Å². The Morgan fingerprint density at radius 1 is 1.47 bits per heavy atom. The number of methoxy groups -OCH3 is 1. The van der Waals surface area contributed by atoms with Crippen molar-refractivity contribution < 1.29 is 18.5 Å². The van der Waals surface area contributed by atoms with E-state index in [4.69, 9.17) is 30.3 Å². The van der Waals surface area contributed by atoms with Crippen LogP contribution < -0.4 is 0 Å². The van der Waals surface area contributed by atoms with E-state index in [0.717, 1.165) is 0 Å². The molecule has 2 fully saturated rings. The summed E-state index contributed by atoms with van der Waals surface area (Å²) in [5.74, 6) is 0.266. The molecule has 0 aromatic rings. The van der Waals surface area contributed by atoms with Crippen molar-refractivity contribution in [1.29, 1.82) is 0 Å². The molecule has 7 heteroatoms. The van der Waals surface area contributed by atoms with Crippen LogP contribution in [0.5, 0.6) is 0 Å². The molecule has 0 saturated carbocycles. The summed E-state index contributed by atoms with van der Waals surface area (Å²) in [6.07, 6.45) is 0.107. The van der Waals surface area contributed by atoms with Crippen LogP contribution in [-0.2, 0) is 30.3 Å². The molecule has 0 aromatic heterocycles. The third kappa shape index (κ3) is 2.04. The van der Waals surface area contributed by atoms with Crippen molar-refractivity contribution in [2.75, 3.05) is 20.3 Å². The van der Waals surface area contributed by atoms with Crippen molar-refractivity contribution in [3.8, 4) is 0 Å². The SMILES string of the molecule is B[C@@H]1OC2(CO[PH](=S)OC2)[C@H](C)C1OC. The molecule has 1 spiro atoms. The lowest BCUT2D eigenvalue weighted by molar-refractivity contribution is -0.104. The van der Waals surface area contributed by atoms with E-state index in [1.54, 1.807) is 7.11 Å². The maximum Gasteiger partial charge on any atom is 0.176 e. The van der Waals surface area contributed by atoms with Crippen LogP contribution in [0, 0.1) is 5.92 Å². The number of hydrogen-bond donors (Lipinski definition) is 0. The van der Waals surface area contributed by atoms with Crippen molar-refractivity contribution in [2.24, 2.45) is 5.92 Å². The molecule has 0 aromatic carbocycles. The zero-order valence-electron chi connectivity index (χ0n) is 9.19. The van der Waals surface area contributed by atoms with Gasteiger partial charge < -0.3 is 18.5 Å². The Labute approximate surface area is 96.6 Å². The van der Waals surface area contributed by atoms with Gasteiger partial charge in [-0.05, 0) is 11.8 Å². The van der Waals surface area contributed by atoms with Gasteiger partial charge in [-0.3, -0.25) is 0 Å². The van der Waals surface area contributed by atoms with E-state index in [9.17, 15) is 0 Å². The smallest absolute Gasteiger partial charge is 0.176 e. The minimum Gasteiger partial charge on any atom is -0.379 e. The zero-order chi connectivity index (χ0) is 11.1.